The highest BCUT2D eigenvalue weighted by molar-refractivity contribution is 6.32. The van der Waals surface area contributed by atoms with Gasteiger partial charge in [0.1, 0.15) is 5.75 Å². The van der Waals surface area contributed by atoms with E-state index in [1.54, 1.807) is 25.3 Å². The zero-order valence-corrected chi connectivity index (χ0v) is 13.1. The van der Waals surface area contributed by atoms with Crippen LogP contribution in [0.25, 0.3) is 0 Å². The molecule has 0 unspecified atom stereocenters. The first kappa shape index (κ1) is 16.0. The minimum atomic E-state index is -0.180. The van der Waals surface area contributed by atoms with Gasteiger partial charge in [0, 0.05) is 24.6 Å². The fourth-order valence-electron chi connectivity index (χ4n) is 1.72. The van der Waals surface area contributed by atoms with Gasteiger partial charge in [0.15, 0.2) is 0 Å². The number of aromatic nitrogens is 2. The molecule has 1 heterocycles. The van der Waals surface area contributed by atoms with Crippen molar-refractivity contribution in [2.75, 3.05) is 19.0 Å². The van der Waals surface area contributed by atoms with E-state index in [1.165, 1.54) is 12.4 Å². The maximum atomic E-state index is 11.7. The molecule has 1 aromatic carbocycles. The van der Waals surface area contributed by atoms with E-state index in [0.29, 0.717) is 28.8 Å². The number of anilines is 2. The lowest BCUT2D eigenvalue weighted by molar-refractivity contribution is 0.0953. The Bertz CT molecular complexity index is 646. The molecule has 2 N–H and O–H groups in total. The van der Waals surface area contributed by atoms with Crippen LogP contribution < -0.4 is 15.4 Å². The lowest BCUT2D eigenvalue weighted by Crippen LogP contribution is -2.24. The van der Waals surface area contributed by atoms with Crippen molar-refractivity contribution in [1.82, 2.24) is 15.3 Å². The van der Waals surface area contributed by atoms with Gasteiger partial charge in [-0.15, -0.1) is 0 Å². The Morgan fingerprint density at radius 2 is 2.05 bits per heavy atom. The minimum Gasteiger partial charge on any atom is -0.495 e. The van der Waals surface area contributed by atoms with Crippen molar-refractivity contribution in [3.8, 4) is 5.75 Å². The number of halogens is 1. The topological polar surface area (TPSA) is 76.1 Å². The first-order valence-corrected chi connectivity index (χ1v) is 7.22. The van der Waals surface area contributed by atoms with Crippen LogP contribution in [0.3, 0.4) is 0 Å². The van der Waals surface area contributed by atoms with Gasteiger partial charge in [-0.25, -0.2) is 9.97 Å². The molecule has 116 valence electrons. The minimum absolute atomic E-state index is 0.180. The number of benzene rings is 1. The van der Waals surface area contributed by atoms with Gasteiger partial charge in [0.2, 0.25) is 5.95 Å². The third kappa shape index (κ3) is 4.08. The molecular formula is C15H17ClN4O2. The zero-order chi connectivity index (χ0) is 15.9. The van der Waals surface area contributed by atoms with E-state index in [-0.39, 0.29) is 5.91 Å². The molecule has 7 heteroatoms. The summed E-state index contributed by atoms with van der Waals surface area (Å²) in [6, 6.07) is 5.26. The Hall–Kier alpha value is -2.34. The summed E-state index contributed by atoms with van der Waals surface area (Å²) in [5.41, 5.74) is 1.15. The fraction of sp³-hybridized carbons (Fsp3) is 0.267. The third-order valence-corrected chi connectivity index (χ3v) is 3.15. The van der Waals surface area contributed by atoms with Crippen LogP contribution in [0.1, 0.15) is 23.7 Å². The average molecular weight is 321 g/mol. The molecule has 0 aliphatic carbocycles. The Labute approximate surface area is 133 Å². The van der Waals surface area contributed by atoms with E-state index < -0.39 is 0 Å². The summed E-state index contributed by atoms with van der Waals surface area (Å²) in [5, 5.41) is 6.27. The number of hydrogen-bond donors (Lipinski definition) is 2. The van der Waals surface area contributed by atoms with Crippen molar-refractivity contribution < 1.29 is 9.53 Å². The van der Waals surface area contributed by atoms with Gasteiger partial charge in [-0.3, -0.25) is 4.79 Å². The highest BCUT2D eigenvalue weighted by atomic mass is 35.5. The second-order valence-corrected chi connectivity index (χ2v) is 4.93. The van der Waals surface area contributed by atoms with Gasteiger partial charge < -0.3 is 15.4 Å². The summed E-state index contributed by atoms with van der Waals surface area (Å²) in [4.78, 5) is 20.0. The summed E-state index contributed by atoms with van der Waals surface area (Å²) in [5.74, 6) is 0.797. The van der Waals surface area contributed by atoms with Gasteiger partial charge in [-0.2, -0.15) is 0 Å². The summed E-state index contributed by atoms with van der Waals surface area (Å²) < 4.78 is 5.09. The molecule has 0 aliphatic rings. The van der Waals surface area contributed by atoms with Crippen molar-refractivity contribution in [3.63, 3.8) is 0 Å². The smallest absolute Gasteiger partial charge is 0.254 e. The number of ether oxygens (including phenoxy) is 1. The number of methoxy groups -OCH3 is 1. The van der Waals surface area contributed by atoms with E-state index in [1.807, 2.05) is 6.92 Å². The van der Waals surface area contributed by atoms with Crippen LogP contribution in [0.4, 0.5) is 11.6 Å². The number of amides is 1. The number of hydrogen-bond acceptors (Lipinski definition) is 5. The van der Waals surface area contributed by atoms with Crippen LogP contribution in [0.2, 0.25) is 5.02 Å². The summed E-state index contributed by atoms with van der Waals surface area (Å²) in [7, 11) is 1.56. The molecule has 0 spiro atoms. The molecule has 0 fully saturated rings. The number of nitrogens with zero attached hydrogens (tertiary/aromatic N) is 2. The summed E-state index contributed by atoms with van der Waals surface area (Å²) in [6.45, 7) is 2.62. The monoisotopic (exact) mass is 320 g/mol. The molecule has 0 bridgehead atoms. The van der Waals surface area contributed by atoms with Crippen LogP contribution in [-0.4, -0.2) is 29.5 Å². The van der Waals surface area contributed by atoms with Crippen molar-refractivity contribution in [2.45, 2.75) is 13.3 Å². The van der Waals surface area contributed by atoms with E-state index >= 15 is 0 Å². The molecule has 6 nitrogen and oxygen atoms in total. The Morgan fingerprint density at radius 1 is 1.32 bits per heavy atom. The number of nitrogens with one attached hydrogen (secondary N) is 2. The van der Waals surface area contributed by atoms with Crippen molar-refractivity contribution in [3.05, 3.63) is 41.2 Å². The molecule has 0 atom stereocenters. The van der Waals surface area contributed by atoms with Crippen molar-refractivity contribution in [1.29, 1.82) is 0 Å². The normalized spacial score (nSPS) is 10.1. The molecule has 1 aromatic heterocycles. The molecule has 1 amide bonds. The molecule has 0 saturated heterocycles. The Kier molecular flexibility index (Phi) is 5.55. The SMILES string of the molecule is CCCNC(=O)c1cnc(Nc2ccc(OC)c(Cl)c2)nc1. The molecule has 0 radical (unpaired) electrons. The van der Waals surface area contributed by atoms with Crippen molar-refractivity contribution in [2.24, 2.45) is 0 Å². The zero-order valence-electron chi connectivity index (χ0n) is 12.4. The number of carbonyl (C=O) groups excluding carboxylic acids is 1. The van der Waals surface area contributed by atoms with E-state index in [4.69, 9.17) is 16.3 Å². The highest BCUT2D eigenvalue weighted by Gasteiger charge is 2.07. The summed E-state index contributed by atoms with van der Waals surface area (Å²) >= 11 is 6.05. The molecule has 2 rings (SSSR count). The van der Waals surface area contributed by atoms with Crippen LogP contribution in [-0.2, 0) is 0 Å². The Morgan fingerprint density at radius 3 is 2.64 bits per heavy atom. The molecular weight excluding hydrogens is 304 g/mol. The first-order valence-electron chi connectivity index (χ1n) is 6.85. The standard InChI is InChI=1S/C15H17ClN4O2/c1-3-6-17-14(21)10-8-18-15(19-9-10)20-11-4-5-13(22-2)12(16)7-11/h4-5,7-9H,3,6H2,1-2H3,(H,17,21)(H,18,19,20). The quantitative estimate of drug-likeness (QED) is 0.855. The van der Waals surface area contributed by atoms with Gasteiger partial charge >= 0.3 is 0 Å². The molecule has 0 saturated carbocycles. The van der Waals surface area contributed by atoms with E-state index in [0.717, 1.165) is 12.1 Å². The highest BCUT2D eigenvalue weighted by Crippen LogP contribution is 2.28. The van der Waals surface area contributed by atoms with E-state index in [2.05, 4.69) is 20.6 Å². The number of rotatable bonds is 6. The van der Waals surface area contributed by atoms with Gasteiger partial charge in [-0.05, 0) is 24.6 Å². The average Bonchev–Trinajstić information content (AvgIpc) is 2.53. The largest absolute Gasteiger partial charge is 0.495 e. The van der Waals surface area contributed by atoms with Gasteiger partial charge in [0.05, 0.1) is 17.7 Å². The third-order valence-electron chi connectivity index (χ3n) is 2.86. The van der Waals surface area contributed by atoms with Gasteiger partial charge in [-0.1, -0.05) is 18.5 Å². The summed E-state index contributed by atoms with van der Waals surface area (Å²) in [6.07, 6.45) is 3.83. The maximum absolute atomic E-state index is 11.7. The van der Waals surface area contributed by atoms with Gasteiger partial charge in [0.25, 0.3) is 5.91 Å². The maximum Gasteiger partial charge on any atom is 0.254 e. The predicted molar refractivity (Wildman–Crippen MR) is 85.9 cm³/mol. The second-order valence-electron chi connectivity index (χ2n) is 4.53. The molecule has 22 heavy (non-hydrogen) atoms. The lowest BCUT2D eigenvalue weighted by atomic mass is 10.3. The second kappa shape index (κ2) is 7.61. The Balaban J connectivity index is 2.05. The predicted octanol–water partition coefficient (Wildman–Crippen LogP) is 3.02. The first-order chi connectivity index (χ1) is 10.6. The fourth-order valence-corrected chi connectivity index (χ4v) is 1.98. The number of carbonyl (C=O) groups is 1. The molecule has 2 aromatic rings. The van der Waals surface area contributed by atoms with Crippen LogP contribution >= 0.6 is 11.6 Å². The van der Waals surface area contributed by atoms with E-state index in [9.17, 15) is 4.79 Å². The van der Waals surface area contributed by atoms with Crippen LogP contribution in [0.15, 0.2) is 30.6 Å². The van der Waals surface area contributed by atoms with Crippen LogP contribution in [0.5, 0.6) is 5.75 Å². The van der Waals surface area contributed by atoms with Crippen LogP contribution in [0, 0.1) is 0 Å². The lowest BCUT2D eigenvalue weighted by Gasteiger charge is -2.08. The van der Waals surface area contributed by atoms with Crippen molar-refractivity contribution >= 4 is 29.1 Å². The molecule has 0 aliphatic heterocycles.